The Bertz CT molecular complexity index is 145. The molecule has 2 aliphatic rings. The molecule has 2 atom stereocenters. The molecule has 2 rings (SSSR count). The summed E-state index contributed by atoms with van der Waals surface area (Å²) in [7, 11) is 0. The molecule has 1 aliphatic carbocycles. The minimum absolute atomic E-state index is 0.661. The van der Waals surface area contributed by atoms with Crippen molar-refractivity contribution in [2.45, 2.75) is 51.6 Å². The number of hydrogen-bond donors (Lipinski definition) is 2. The van der Waals surface area contributed by atoms with E-state index in [-0.39, 0.29) is 0 Å². The topological polar surface area (TPSA) is 24.1 Å². The highest BCUT2D eigenvalue weighted by Gasteiger charge is 2.28. The van der Waals surface area contributed by atoms with Gasteiger partial charge in [-0.15, -0.1) is 0 Å². The summed E-state index contributed by atoms with van der Waals surface area (Å²) in [5.41, 5.74) is 0. The lowest BCUT2D eigenvalue weighted by Gasteiger charge is -2.37. The van der Waals surface area contributed by atoms with E-state index in [1.54, 1.807) is 0 Å². The molecule has 1 saturated carbocycles. The van der Waals surface area contributed by atoms with Crippen LogP contribution in [0.15, 0.2) is 0 Å². The van der Waals surface area contributed by atoms with Gasteiger partial charge in [-0.1, -0.05) is 19.8 Å². The molecule has 2 nitrogen and oxygen atoms in total. The van der Waals surface area contributed by atoms with Crippen LogP contribution in [0, 0.1) is 11.8 Å². The van der Waals surface area contributed by atoms with E-state index < -0.39 is 0 Å². The second-order valence-electron chi connectivity index (χ2n) is 5.34. The predicted molar refractivity (Wildman–Crippen MR) is 60.4 cm³/mol. The smallest absolute Gasteiger partial charge is 0.0221 e. The maximum Gasteiger partial charge on any atom is 0.0221 e. The van der Waals surface area contributed by atoms with Crippen molar-refractivity contribution in [3.05, 3.63) is 0 Å². The third-order valence-electron chi connectivity index (χ3n) is 4.00. The summed E-state index contributed by atoms with van der Waals surface area (Å²) in [5, 5.41) is 7.27. The summed E-state index contributed by atoms with van der Waals surface area (Å²) in [4.78, 5) is 0. The summed E-state index contributed by atoms with van der Waals surface area (Å²) in [6.45, 7) is 6.98. The van der Waals surface area contributed by atoms with Crippen LogP contribution in [-0.2, 0) is 0 Å². The third-order valence-corrected chi connectivity index (χ3v) is 4.00. The zero-order chi connectivity index (χ0) is 9.97. The minimum atomic E-state index is 0.661. The average Bonchev–Trinajstić information content (AvgIpc) is 2.21. The lowest BCUT2D eigenvalue weighted by atomic mass is 9.79. The van der Waals surface area contributed by atoms with Gasteiger partial charge in [0.25, 0.3) is 0 Å². The van der Waals surface area contributed by atoms with Gasteiger partial charge in [-0.2, -0.15) is 0 Å². The van der Waals surface area contributed by atoms with Crippen LogP contribution in [-0.4, -0.2) is 25.2 Å². The molecule has 2 fully saturated rings. The van der Waals surface area contributed by atoms with Gasteiger partial charge >= 0.3 is 0 Å². The van der Waals surface area contributed by atoms with Gasteiger partial charge in [-0.05, 0) is 31.6 Å². The number of rotatable bonds is 1. The van der Waals surface area contributed by atoms with E-state index >= 15 is 0 Å². The molecule has 2 heteroatoms. The highest BCUT2D eigenvalue weighted by molar-refractivity contribution is 4.87. The van der Waals surface area contributed by atoms with Gasteiger partial charge in [0, 0.05) is 25.2 Å². The molecule has 0 aromatic rings. The summed E-state index contributed by atoms with van der Waals surface area (Å²) in [6.07, 6.45) is 5.76. The minimum Gasteiger partial charge on any atom is -0.311 e. The summed E-state index contributed by atoms with van der Waals surface area (Å²) >= 11 is 0. The Morgan fingerprint density at radius 2 is 1.57 bits per heavy atom. The van der Waals surface area contributed by atoms with Gasteiger partial charge < -0.3 is 10.6 Å². The van der Waals surface area contributed by atoms with Crippen molar-refractivity contribution in [3.63, 3.8) is 0 Å². The summed E-state index contributed by atoms with van der Waals surface area (Å²) < 4.78 is 0. The predicted octanol–water partition coefficient (Wildman–Crippen LogP) is 1.76. The molecule has 1 aliphatic heterocycles. The monoisotopic (exact) mass is 196 g/mol. The zero-order valence-corrected chi connectivity index (χ0v) is 9.55. The van der Waals surface area contributed by atoms with E-state index in [1.807, 2.05) is 0 Å². The molecule has 0 spiro atoms. The van der Waals surface area contributed by atoms with E-state index in [9.17, 15) is 0 Å². The summed E-state index contributed by atoms with van der Waals surface area (Å²) in [5.74, 6) is 1.91. The Balaban J connectivity index is 1.78. The molecule has 2 unspecified atom stereocenters. The van der Waals surface area contributed by atoms with E-state index in [4.69, 9.17) is 0 Å². The SMILES string of the molecule is CC1CCC(C2CNC(C)CN2)CC1. The molecule has 0 radical (unpaired) electrons. The van der Waals surface area contributed by atoms with Crippen molar-refractivity contribution < 1.29 is 0 Å². The highest BCUT2D eigenvalue weighted by atomic mass is 15.1. The number of nitrogens with one attached hydrogen (secondary N) is 2. The largest absolute Gasteiger partial charge is 0.311 e. The van der Waals surface area contributed by atoms with E-state index in [0.717, 1.165) is 24.4 Å². The average molecular weight is 196 g/mol. The maximum absolute atomic E-state index is 3.69. The fourth-order valence-corrected chi connectivity index (χ4v) is 2.82. The standard InChI is InChI=1S/C12H24N2/c1-9-3-5-11(6-4-9)12-8-13-10(2)7-14-12/h9-14H,3-8H2,1-2H3. The quantitative estimate of drug-likeness (QED) is 0.668. The Labute approximate surface area is 87.8 Å². The van der Waals surface area contributed by atoms with E-state index in [0.29, 0.717) is 6.04 Å². The number of hydrogen-bond acceptors (Lipinski definition) is 2. The van der Waals surface area contributed by atoms with Crippen LogP contribution < -0.4 is 10.6 Å². The molecule has 0 amide bonds. The molecule has 0 aromatic carbocycles. The van der Waals surface area contributed by atoms with Crippen molar-refractivity contribution >= 4 is 0 Å². The first-order chi connectivity index (χ1) is 6.75. The zero-order valence-electron chi connectivity index (χ0n) is 9.55. The van der Waals surface area contributed by atoms with Gasteiger partial charge in [0.15, 0.2) is 0 Å². The molecule has 14 heavy (non-hydrogen) atoms. The molecule has 2 N–H and O–H groups in total. The molecule has 1 saturated heterocycles. The van der Waals surface area contributed by atoms with Gasteiger partial charge in [0.2, 0.25) is 0 Å². The van der Waals surface area contributed by atoms with Crippen LogP contribution in [0.5, 0.6) is 0 Å². The Morgan fingerprint density at radius 1 is 0.857 bits per heavy atom. The third kappa shape index (κ3) is 2.48. The van der Waals surface area contributed by atoms with Crippen molar-refractivity contribution in [1.82, 2.24) is 10.6 Å². The first-order valence-corrected chi connectivity index (χ1v) is 6.22. The molecular formula is C12H24N2. The van der Waals surface area contributed by atoms with Gasteiger partial charge in [-0.25, -0.2) is 0 Å². The maximum atomic E-state index is 3.69. The highest BCUT2D eigenvalue weighted by Crippen LogP contribution is 2.30. The normalized spacial score (nSPS) is 45.0. The summed E-state index contributed by atoms with van der Waals surface area (Å²) in [6, 6.07) is 1.41. The molecular weight excluding hydrogens is 172 g/mol. The Morgan fingerprint density at radius 3 is 2.14 bits per heavy atom. The molecule has 82 valence electrons. The first kappa shape index (κ1) is 10.4. The van der Waals surface area contributed by atoms with Gasteiger partial charge in [0.1, 0.15) is 0 Å². The van der Waals surface area contributed by atoms with Crippen molar-refractivity contribution in [2.75, 3.05) is 13.1 Å². The van der Waals surface area contributed by atoms with E-state index in [1.165, 1.54) is 32.2 Å². The van der Waals surface area contributed by atoms with Gasteiger partial charge in [0.05, 0.1) is 0 Å². The fraction of sp³-hybridized carbons (Fsp3) is 1.00. The first-order valence-electron chi connectivity index (χ1n) is 6.22. The van der Waals surface area contributed by atoms with Crippen LogP contribution in [0.25, 0.3) is 0 Å². The fourth-order valence-electron chi connectivity index (χ4n) is 2.82. The van der Waals surface area contributed by atoms with E-state index in [2.05, 4.69) is 24.5 Å². The van der Waals surface area contributed by atoms with Crippen LogP contribution >= 0.6 is 0 Å². The van der Waals surface area contributed by atoms with Crippen LogP contribution in [0.2, 0.25) is 0 Å². The lowest BCUT2D eigenvalue weighted by Crippen LogP contribution is -2.56. The lowest BCUT2D eigenvalue weighted by molar-refractivity contribution is 0.202. The Hall–Kier alpha value is -0.0800. The van der Waals surface area contributed by atoms with Crippen molar-refractivity contribution in [2.24, 2.45) is 11.8 Å². The molecule has 0 aromatic heterocycles. The molecule has 1 heterocycles. The molecule has 0 bridgehead atoms. The Kier molecular flexibility index (Phi) is 3.45. The van der Waals surface area contributed by atoms with Crippen LogP contribution in [0.1, 0.15) is 39.5 Å². The second kappa shape index (κ2) is 4.63. The van der Waals surface area contributed by atoms with Crippen molar-refractivity contribution in [1.29, 1.82) is 0 Å². The van der Waals surface area contributed by atoms with Crippen molar-refractivity contribution in [3.8, 4) is 0 Å². The second-order valence-corrected chi connectivity index (χ2v) is 5.34. The number of piperazine rings is 1. The van der Waals surface area contributed by atoms with Crippen LogP contribution in [0.4, 0.5) is 0 Å². The van der Waals surface area contributed by atoms with Gasteiger partial charge in [-0.3, -0.25) is 0 Å². The van der Waals surface area contributed by atoms with Crippen LogP contribution in [0.3, 0.4) is 0 Å².